The van der Waals surface area contributed by atoms with Gasteiger partial charge in [0.2, 0.25) is 5.75 Å². The Kier molecular flexibility index (Phi) is 2.81. The summed E-state index contributed by atoms with van der Waals surface area (Å²) in [6.45, 7) is 1.08. The van der Waals surface area contributed by atoms with Crippen LogP contribution in [0.25, 0.3) is 0 Å². The maximum absolute atomic E-state index is 10.2. The molecule has 1 rings (SSSR count). The van der Waals surface area contributed by atoms with Gasteiger partial charge in [0.05, 0.1) is 0 Å². The molecule has 0 aliphatic carbocycles. The molecule has 0 aromatic heterocycles. The number of aliphatic carboxylic acids is 1. The Balaban J connectivity index is 2.95. The van der Waals surface area contributed by atoms with Gasteiger partial charge in [-0.15, -0.1) is 0 Å². The number of aryl methyl sites for hydroxylation is 1. The smallest absolute Gasteiger partial charge is 0.341 e. The van der Waals surface area contributed by atoms with Crippen LogP contribution in [0.4, 0.5) is 0 Å². The predicted molar refractivity (Wildman–Crippen MR) is 47.6 cm³/mol. The minimum absolute atomic E-state index is 0.00704. The average molecular weight is 198 g/mol. The number of carbonyl (C=O) groups is 1. The fourth-order valence-electron chi connectivity index (χ4n) is 0.978. The Morgan fingerprint density at radius 2 is 2.07 bits per heavy atom. The van der Waals surface area contributed by atoms with Crippen molar-refractivity contribution in [2.24, 2.45) is 0 Å². The Bertz CT molecular complexity index is 358. The van der Waals surface area contributed by atoms with Crippen LogP contribution in [0, 0.1) is 6.92 Å². The Labute approximate surface area is 80.2 Å². The highest BCUT2D eigenvalue weighted by Gasteiger charge is 2.11. The zero-order valence-electron chi connectivity index (χ0n) is 7.52. The van der Waals surface area contributed by atoms with Gasteiger partial charge in [-0.25, -0.2) is 4.79 Å². The molecule has 5 heteroatoms. The normalized spacial score (nSPS) is 9.79. The van der Waals surface area contributed by atoms with Gasteiger partial charge in [-0.3, -0.25) is 0 Å². The molecule has 0 radical (unpaired) electrons. The van der Waals surface area contributed by atoms with Crippen LogP contribution in [0.3, 0.4) is 0 Å². The zero-order chi connectivity index (χ0) is 10.7. The van der Waals surface area contributed by atoms with Crippen molar-refractivity contribution >= 4 is 5.97 Å². The molecule has 0 saturated heterocycles. The highest BCUT2D eigenvalue weighted by atomic mass is 16.5. The van der Waals surface area contributed by atoms with Crippen molar-refractivity contribution in [2.45, 2.75) is 6.92 Å². The van der Waals surface area contributed by atoms with Gasteiger partial charge in [0, 0.05) is 0 Å². The van der Waals surface area contributed by atoms with Crippen LogP contribution in [-0.4, -0.2) is 27.9 Å². The summed E-state index contributed by atoms with van der Waals surface area (Å²) in [6.07, 6.45) is 0. The van der Waals surface area contributed by atoms with Crippen molar-refractivity contribution in [3.8, 4) is 17.2 Å². The second-order valence-corrected chi connectivity index (χ2v) is 2.76. The molecule has 1 aromatic rings. The third-order valence-electron chi connectivity index (χ3n) is 1.65. The lowest BCUT2D eigenvalue weighted by Crippen LogP contribution is -2.10. The lowest BCUT2D eigenvalue weighted by atomic mass is 10.2. The molecule has 3 N–H and O–H groups in total. The molecule has 0 aliphatic heterocycles. The molecule has 0 heterocycles. The van der Waals surface area contributed by atoms with Gasteiger partial charge in [0.15, 0.2) is 18.1 Å². The third kappa shape index (κ3) is 2.07. The van der Waals surface area contributed by atoms with Gasteiger partial charge in [-0.1, -0.05) is 6.07 Å². The summed E-state index contributed by atoms with van der Waals surface area (Å²) in [5.74, 6) is -1.93. The van der Waals surface area contributed by atoms with E-state index in [1.165, 1.54) is 12.1 Å². The van der Waals surface area contributed by atoms with Gasteiger partial charge >= 0.3 is 5.97 Å². The van der Waals surface area contributed by atoms with E-state index in [1.54, 1.807) is 6.92 Å². The van der Waals surface area contributed by atoms with E-state index in [1.807, 2.05) is 0 Å². The average Bonchev–Trinajstić information content (AvgIpc) is 2.11. The summed E-state index contributed by atoms with van der Waals surface area (Å²) in [4.78, 5) is 10.2. The van der Waals surface area contributed by atoms with Crippen molar-refractivity contribution < 1.29 is 24.9 Å². The van der Waals surface area contributed by atoms with Crippen LogP contribution in [0.5, 0.6) is 17.2 Å². The molecule has 0 spiro atoms. The van der Waals surface area contributed by atoms with Gasteiger partial charge in [-0.05, 0) is 18.6 Å². The number of hydrogen-bond acceptors (Lipinski definition) is 4. The van der Waals surface area contributed by atoms with Crippen LogP contribution in [0.1, 0.15) is 5.56 Å². The minimum Gasteiger partial charge on any atom is -0.504 e. The minimum atomic E-state index is -1.15. The Morgan fingerprint density at radius 1 is 1.43 bits per heavy atom. The van der Waals surface area contributed by atoms with E-state index >= 15 is 0 Å². The second kappa shape index (κ2) is 3.87. The molecule has 0 bridgehead atoms. The molecular weight excluding hydrogens is 188 g/mol. The first kappa shape index (κ1) is 10.2. The summed E-state index contributed by atoms with van der Waals surface area (Å²) < 4.78 is 4.80. The molecule has 0 amide bonds. The number of carboxylic acid groups (broad SMARTS) is 1. The first-order valence-electron chi connectivity index (χ1n) is 3.88. The number of carboxylic acids is 1. The molecule has 0 unspecified atom stereocenters. The number of aromatic hydroxyl groups is 2. The zero-order valence-corrected chi connectivity index (χ0v) is 7.52. The van der Waals surface area contributed by atoms with E-state index in [9.17, 15) is 9.90 Å². The van der Waals surface area contributed by atoms with Crippen LogP contribution < -0.4 is 4.74 Å². The summed E-state index contributed by atoms with van der Waals surface area (Å²) >= 11 is 0. The topological polar surface area (TPSA) is 87.0 Å². The van der Waals surface area contributed by atoms with Crippen molar-refractivity contribution in [1.82, 2.24) is 0 Å². The summed E-state index contributed by atoms with van der Waals surface area (Å²) in [5, 5.41) is 26.8. The number of rotatable bonds is 3. The first-order chi connectivity index (χ1) is 6.52. The maximum atomic E-state index is 10.2. The molecule has 0 atom stereocenters. The van der Waals surface area contributed by atoms with Crippen LogP contribution in [-0.2, 0) is 4.79 Å². The van der Waals surface area contributed by atoms with E-state index in [4.69, 9.17) is 14.9 Å². The molecular formula is C9H10O5. The standard InChI is InChI=1S/C9H10O5/c1-5-2-3-6(10)8(13)9(5)14-4-7(11)12/h2-3,10,13H,4H2,1H3,(H,11,12). The number of phenolic OH excluding ortho intramolecular Hbond substituents is 2. The van der Waals surface area contributed by atoms with E-state index in [0.717, 1.165) is 0 Å². The Morgan fingerprint density at radius 3 is 2.64 bits per heavy atom. The van der Waals surface area contributed by atoms with Crippen molar-refractivity contribution in [2.75, 3.05) is 6.61 Å². The van der Waals surface area contributed by atoms with Gasteiger partial charge in [0.25, 0.3) is 0 Å². The number of phenols is 2. The number of ether oxygens (including phenoxy) is 1. The summed E-state index contributed by atoms with van der Waals surface area (Å²) in [5.41, 5.74) is 0.557. The van der Waals surface area contributed by atoms with Crippen LogP contribution >= 0.6 is 0 Å². The van der Waals surface area contributed by atoms with Crippen LogP contribution in [0.15, 0.2) is 12.1 Å². The summed E-state index contributed by atoms with van der Waals surface area (Å²) in [6, 6.07) is 2.82. The molecule has 0 saturated carbocycles. The maximum Gasteiger partial charge on any atom is 0.341 e. The molecule has 0 fully saturated rings. The molecule has 5 nitrogen and oxygen atoms in total. The molecule has 76 valence electrons. The lowest BCUT2D eigenvalue weighted by Gasteiger charge is -2.09. The number of benzene rings is 1. The number of hydrogen-bond donors (Lipinski definition) is 3. The highest BCUT2D eigenvalue weighted by molar-refractivity contribution is 5.69. The van der Waals surface area contributed by atoms with Gasteiger partial charge in [0.1, 0.15) is 0 Å². The van der Waals surface area contributed by atoms with E-state index in [-0.39, 0.29) is 11.5 Å². The highest BCUT2D eigenvalue weighted by Crippen LogP contribution is 2.37. The van der Waals surface area contributed by atoms with Crippen molar-refractivity contribution in [1.29, 1.82) is 0 Å². The van der Waals surface area contributed by atoms with Gasteiger partial charge < -0.3 is 20.1 Å². The predicted octanol–water partition coefficient (Wildman–Crippen LogP) is 0.870. The van der Waals surface area contributed by atoms with Gasteiger partial charge in [-0.2, -0.15) is 0 Å². The van der Waals surface area contributed by atoms with E-state index in [0.29, 0.717) is 5.56 Å². The lowest BCUT2D eigenvalue weighted by molar-refractivity contribution is -0.139. The fourth-order valence-corrected chi connectivity index (χ4v) is 0.978. The Hall–Kier alpha value is -1.91. The van der Waals surface area contributed by atoms with Crippen molar-refractivity contribution in [3.63, 3.8) is 0 Å². The molecule has 14 heavy (non-hydrogen) atoms. The quantitative estimate of drug-likeness (QED) is 0.627. The van der Waals surface area contributed by atoms with Crippen molar-refractivity contribution in [3.05, 3.63) is 17.7 Å². The third-order valence-corrected chi connectivity index (χ3v) is 1.65. The monoisotopic (exact) mass is 198 g/mol. The second-order valence-electron chi connectivity index (χ2n) is 2.76. The SMILES string of the molecule is Cc1ccc(O)c(O)c1OCC(=O)O. The molecule has 0 aliphatic rings. The fraction of sp³-hybridized carbons (Fsp3) is 0.222. The first-order valence-corrected chi connectivity index (χ1v) is 3.88. The van der Waals surface area contributed by atoms with E-state index in [2.05, 4.69) is 0 Å². The largest absolute Gasteiger partial charge is 0.504 e. The molecule has 1 aromatic carbocycles. The van der Waals surface area contributed by atoms with Crippen LogP contribution in [0.2, 0.25) is 0 Å². The van der Waals surface area contributed by atoms with E-state index < -0.39 is 18.3 Å². The summed E-state index contributed by atoms with van der Waals surface area (Å²) in [7, 11) is 0.